The van der Waals surface area contributed by atoms with E-state index in [0.29, 0.717) is 6.04 Å². The van der Waals surface area contributed by atoms with E-state index >= 15 is 0 Å². The molecule has 0 unspecified atom stereocenters. The van der Waals surface area contributed by atoms with Gasteiger partial charge < -0.3 is 5.11 Å². The molecular formula is C16H17NO2S2. The number of thiophene rings is 2. The van der Waals surface area contributed by atoms with Gasteiger partial charge in [0.25, 0.3) is 0 Å². The maximum Gasteiger partial charge on any atom is 0.328 e. The molecule has 3 nitrogen and oxygen atoms in total. The Hall–Kier alpha value is -1.43. The van der Waals surface area contributed by atoms with Crippen LogP contribution in [0.4, 0.5) is 0 Å². The third kappa shape index (κ3) is 4.27. The number of carboxylic acids is 1. The molecule has 1 N–H and O–H groups in total. The first-order valence-electron chi connectivity index (χ1n) is 6.94. The molecule has 1 saturated carbocycles. The largest absolute Gasteiger partial charge is 0.478 e. The lowest BCUT2D eigenvalue weighted by Crippen LogP contribution is -2.24. The summed E-state index contributed by atoms with van der Waals surface area (Å²) in [4.78, 5) is 14.4. The zero-order chi connectivity index (χ0) is 14.7. The SMILES string of the molecule is O=C(O)C=Cc1csc(CN(Cc2ccsc2)C2CC2)c1. The Kier molecular flexibility index (Phi) is 4.53. The van der Waals surface area contributed by atoms with Gasteiger partial charge >= 0.3 is 5.97 Å². The molecule has 1 aliphatic rings. The second-order valence-corrected chi connectivity index (χ2v) is 7.06. The smallest absolute Gasteiger partial charge is 0.328 e. The molecule has 0 saturated heterocycles. The molecule has 1 aliphatic carbocycles. The number of hydrogen-bond acceptors (Lipinski definition) is 4. The van der Waals surface area contributed by atoms with Crippen LogP contribution < -0.4 is 0 Å². The van der Waals surface area contributed by atoms with Crippen LogP contribution in [-0.4, -0.2) is 22.0 Å². The van der Waals surface area contributed by atoms with Gasteiger partial charge in [-0.1, -0.05) is 0 Å². The summed E-state index contributed by atoms with van der Waals surface area (Å²) in [5, 5.41) is 15.0. The van der Waals surface area contributed by atoms with E-state index in [-0.39, 0.29) is 0 Å². The number of aliphatic carboxylic acids is 1. The topological polar surface area (TPSA) is 40.5 Å². The summed E-state index contributed by atoms with van der Waals surface area (Å²) < 4.78 is 0. The van der Waals surface area contributed by atoms with Crippen molar-refractivity contribution in [2.24, 2.45) is 0 Å². The minimum atomic E-state index is -0.903. The van der Waals surface area contributed by atoms with Gasteiger partial charge in [0.15, 0.2) is 0 Å². The maximum absolute atomic E-state index is 10.5. The Morgan fingerprint density at radius 2 is 2.24 bits per heavy atom. The van der Waals surface area contributed by atoms with Crippen LogP contribution in [-0.2, 0) is 17.9 Å². The molecule has 0 amide bonds. The highest BCUT2D eigenvalue weighted by atomic mass is 32.1. The molecular weight excluding hydrogens is 302 g/mol. The number of rotatable bonds is 7. The van der Waals surface area contributed by atoms with Gasteiger partial charge in [-0.25, -0.2) is 4.79 Å². The average molecular weight is 319 g/mol. The number of hydrogen-bond donors (Lipinski definition) is 1. The van der Waals surface area contributed by atoms with Crippen LogP contribution in [0.3, 0.4) is 0 Å². The molecule has 110 valence electrons. The van der Waals surface area contributed by atoms with Crippen molar-refractivity contribution in [1.82, 2.24) is 4.90 Å². The van der Waals surface area contributed by atoms with Crippen molar-refractivity contribution in [1.29, 1.82) is 0 Å². The molecule has 0 aromatic carbocycles. The predicted octanol–water partition coefficient (Wildman–Crippen LogP) is 4.07. The van der Waals surface area contributed by atoms with Gasteiger partial charge in [-0.2, -0.15) is 11.3 Å². The maximum atomic E-state index is 10.5. The van der Waals surface area contributed by atoms with Crippen molar-refractivity contribution in [3.05, 3.63) is 50.4 Å². The Balaban J connectivity index is 1.64. The van der Waals surface area contributed by atoms with E-state index in [9.17, 15) is 4.79 Å². The number of carbonyl (C=O) groups is 1. The van der Waals surface area contributed by atoms with E-state index < -0.39 is 5.97 Å². The van der Waals surface area contributed by atoms with Gasteiger partial charge in [0.05, 0.1) is 0 Å². The molecule has 0 atom stereocenters. The minimum Gasteiger partial charge on any atom is -0.478 e. The van der Waals surface area contributed by atoms with Crippen LogP contribution in [0.15, 0.2) is 34.3 Å². The third-order valence-electron chi connectivity index (χ3n) is 3.48. The van der Waals surface area contributed by atoms with Crippen LogP contribution in [0.1, 0.15) is 28.8 Å². The summed E-state index contributed by atoms with van der Waals surface area (Å²) in [5.74, 6) is -0.903. The van der Waals surface area contributed by atoms with Crippen LogP contribution in [0.25, 0.3) is 6.08 Å². The average Bonchev–Trinajstić information content (AvgIpc) is 2.99. The van der Waals surface area contributed by atoms with Gasteiger partial charge in [0, 0.05) is 30.1 Å². The summed E-state index contributed by atoms with van der Waals surface area (Å²) >= 11 is 3.45. The zero-order valence-corrected chi connectivity index (χ0v) is 13.2. The third-order valence-corrected chi connectivity index (χ3v) is 5.15. The Bertz CT molecular complexity index is 627. The highest BCUT2D eigenvalue weighted by Crippen LogP contribution is 2.31. The van der Waals surface area contributed by atoms with Crippen molar-refractivity contribution in [3.63, 3.8) is 0 Å². The molecule has 5 heteroatoms. The van der Waals surface area contributed by atoms with E-state index in [4.69, 9.17) is 5.11 Å². The van der Waals surface area contributed by atoms with E-state index in [0.717, 1.165) is 18.7 Å². The first-order chi connectivity index (χ1) is 10.2. The molecule has 0 aliphatic heterocycles. The summed E-state index contributed by atoms with van der Waals surface area (Å²) in [7, 11) is 0. The Morgan fingerprint density at radius 3 is 2.90 bits per heavy atom. The highest BCUT2D eigenvalue weighted by Gasteiger charge is 2.29. The minimum absolute atomic E-state index is 0.713. The molecule has 2 aromatic heterocycles. The number of nitrogens with zero attached hydrogens (tertiary/aromatic N) is 1. The van der Waals surface area contributed by atoms with Gasteiger partial charge in [0.1, 0.15) is 0 Å². The molecule has 1 fully saturated rings. The highest BCUT2D eigenvalue weighted by molar-refractivity contribution is 7.10. The van der Waals surface area contributed by atoms with Crippen LogP contribution in [0.5, 0.6) is 0 Å². The van der Waals surface area contributed by atoms with Crippen molar-refractivity contribution in [3.8, 4) is 0 Å². The zero-order valence-electron chi connectivity index (χ0n) is 11.6. The molecule has 2 heterocycles. The monoisotopic (exact) mass is 319 g/mol. The fourth-order valence-electron chi connectivity index (χ4n) is 2.31. The lowest BCUT2D eigenvalue weighted by molar-refractivity contribution is -0.131. The van der Waals surface area contributed by atoms with Crippen LogP contribution >= 0.6 is 22.7 Å². The molecule has 0 spiro atoms. The second-order valence-electron chi connectivity index (χ2n) is 5.29. The fourth-order valence-corrected chi connectivity index (χ4v) is 3.84. The van der Waals surface area contributed by atoms with Crippen molar-refractivity contribution >= 4 is 34.7 Å². The van der Waals surface area contributed by atoms with E-state index in [1.165, 1.54) is 29.4 Å². The van der Waals surface area contributed by atoms with Gasteiger partial charge in [0.2, 0.25) is 0 Å². The van der Waals surface area contributed by atoms with Crippen LogP contribution in [0, 0.1) is 0 Å². The van der Waals surface area contributed by atoms with Gasteiger partial charge in [-0.15, -0.1) is 11.3 Å². The van der Waals surface area contributed by atoms with Crippen LogP contribution in [0.2, 0.25) is 0 Å². The Labute approximate surface area is 132 Å². The summed E-state index contributed by atoms with van der Waals surface area (Å²) in [6.45, 7) is 1.96. The van der Waals surface area contributed by atoms with Gasteiger partial charge in [-0.05, 0) is 58.3 Å². The first kappa shape index (κ1) is 14.5. The van der Waals surface area contributed by atoms with E-state index in [1.807, 2.05) is 5.38 Å². The Morgan fingerprint density at radius 1 is 1.38 bits per heavy atom. The predicted molar refractivity (Wildman–Crippen MR) is 87.6 cm³/mol. The summed E-state index contributed by atoms with van der Waals surface area (Å²) in [6, 6.07) is 4.99. The lowest BCUT2D eigenvalue weighted by Gasteiger charge is -2.20. The standard InChI is InChI=1S/C16H17NO2S2/c18-16(19)4-1-12-7-15(21-11-12)9-17(14-2-3-14)8-13-5-6-20-10-13/h1,4-7,10-11,14H,2-3,8-9H2,(H,18,19). The quantitative estimate of drug-likeness (QED) is 0.782. The van der Waals surface area contributed by atoms with E-state index in [2.05, 4.69) is 27.8 Å². The first-order valence-corrected chi connectivity index (χ1v) is 8.76. The summed E-state index contributed by atoms with van der Waals surface area (Å²) in [5.41, 5.74) is 2.36. The lowest BCUT2D eigenvalue weighted by atomic mass is 10.2. The molecule has 2 aromatic rings. The molecule has 0 bridgehead atoms. The number of carboxylic acid groups (broad SMARTS) is 1. The van der Waals surface area contributed by atoms with E-state index in [1.54, 1.807) is 28.7 Å². The normalized spacial score (nSPS) is 15.1. The fraction of sp³-hybridized carbons (Fsp3) is 0.312. The summed E-state index contributed by atoms with van der Waals surface area (Å²) in [6.07, 6.45) is 5.43. The molecule has 3 rings (SSSR count). The van der Waals surface area contributed by atoms with Crippen molar-refractivity contribution < 1.29 is 9.90 Å². The van der Waals surface area contributed by atoms with Crippen molar-refractivity contribution in [2.45, 2.75) is 32.0 Å². The van der Waals surface area contributed by atoms with Gasteiger partial charge in [-0.3, -0.25) is 4.90 Å². The molecule has 0 radical (unpaired) electrons. The molecule has 21 heavy (non-hydrogen) atoms. The second kappa shape index (κ2) is 6.56. The van der Waals surface area contributed by atoms with Crippen molar-refractivity contribution in [2.75, 3.05) is 0 Å².